The molecule has 1 aromatic carbocycles. The van der Waals surface area contributed by atoms with Crippen LogP contribution in [0.5, 0.6) is 0 Å². The summed E-state index contributed by atoms with van der Waals surface area (Å²) in [7, 11) is 0. The lowest BCUT2D eigenvalue weighted by Crippen LogP contribution is -2.41. The topological polar surface area (TPSA) is 75.4 Å². The maximum Gasteiger partial charge on any atom is 0.257 e. The number of benzene rings is 1. The molecule has 1 aromatic rings. The fourth-order valence-electron chi connectivity index (χ4n) is 2.63. The van der Waals surface area contributed by atoms with Crippen molar-refractivity contribution in [1.82, 2.24) is 10.2 Å². The first-order valence-corrected chi connectivity index (χ1v) is 7.41. The molecule has 3 N–H and O–H groups in total. The second-order valence-corrected chi connectivity index (χ2v) is 5.94. The number of halogens is 1. The number of amides is 2. The van der Waals surface area contributed by atoms with Gasteiger partial charge >= 0.3 is 0 Å². The molecule has 1 aliphatic heterocycles. The van der Waals surface area contributed by atoms with Crippen molar-refractivity contribution in [2.45, 2.75) is 19.4 Å². The minimum Gasteiger partial charge on any atom is -0.330 e. The van der Waals surface area contributed by atoms with Gasteiger partial charge < -0.3 is 5.73 Å². The summed E-state index contributed by atoms with van der Waals surface area (Å²) in [5.41, 5.74) is 6.08. The summed E-state index contributed by atoms with van der Waals surface area (Å²) in [4.78, 5) is 25.9. The van der Waals surface area contributed by atoms with Crippen LogP contribution in [0.2, 0.25) is 5.02 Å². The van der Waals surface area contributed by atoms with Crippen LogP contribution in [0.25, 0.3) is 0 Å². The summed E-state index contributed by atoms with van der Waals surface area (Å²) in [5.74, 6) is -0.266. The molecule has 2 atom stereocenters. The average molecular weight is 310 g/mol. The van der Waals surface area contributed by atoms with Gasteiger partial charge in [-0.3, -0.25) is 19.8 Å². The molecule has 0 radical (unpaired) electrons. The van der Waals surface area contributed by atoms with Crippen LogP contribution in [-0.2, 0) is 4.79 Å². The number of rotatable bonds is 4. The van der Waals surface area contributed by atoms with Gasteiger partial charge in [0.15, 0.2) is 0 Å². The first-order valence-electron chi connectivity index (χ1n) is 7.03. The molecular formula is C15H20ClN3O2. The standard InChI is InChI=1S/C15H20ClN3O2/c1-10-6-11(7-17)8-19(10)9-14(20)18-15(21)12-2-4-13(16)5-3-12/h2-5,10-11H,6-9,17H2,1H3,(H,18,20,21). The summed E-state index contributed by atoms with van der Waals surface area (Å²) >= 11 is 5.76. The highest BCUT2D eigenvalue weighted by molar-refractivity contribution is 6.30. The summed E-state index contributed by atoms with van der Waals surface area (Å²) in [6.07, 6.45) is 0.995. The van der Waals surface area contributed by atoms with E-state index in [0.29, 0.717) is 29.1 Å². The normalized spacial score (nSPS) is 22.2. The second kappa shape index (κ2) is 7.02. The number of hydrogen-bond acceptors (Lipinski definition) is 4. The molecule has 0 bridgehead atoms. The smallest absolute Gasteiger partial charge is 0.257 e. The molecule has 114 valence electrons. The van der Waals surface area contributed by atoms with Crippen molar-refractivity contribution < 1.29 is 9.59 Å². The summed E-state index contributed by atoms with van der Waals surface area (Å²) < 4.78 is 0. The van der Waals surface area contributed by atoms with Crippen LogP contribution in [0.3, 0.4) is 0 Å². The van der Waals surface area contributed by atoms with Crippen LogP contribution in [0.1, 0.15) is 23.7 Å². The Labute approximate surface area is 129 Å². The molecule has 1 saturated heterocycles. The SMILES string of the molecule is CC1CC(CN)CN1CC(=O)NC(=O)c1ccc(Cl)cc1. The molecule has 21 heavy (non-hydrogen) atoms. The Hall–Kier alpha value is -1.43. The highest BCUT2D eigenvalue weighted by atomic mass is 35.5. The molecule has 0 aliphatic carbocycles. The molecule has 2 amide bonds. The van der Waals surface area contributed by atoms with Crippen molar-refractivity contribution in [1.29, 1.82) is 0 Å². The third-order valence-corrected chi connectivity index (χ3v) is 4.08. The molecule has 6 heteroatoms. The van der Waals surface area contributed by atoms with Crippen molar-refractivity contribution in [3.05, 3.63) is 34.9 Å². The maximum absolute atomic E-state index is 12.0. The van der Waals surface area contributed by atoms with E-state index < -0.39 is 5.91 Å². The van der Waals surface area contributed by atoms with E-state index in [1.165, 1.54) is 0 Å². The summed E-state index contributed by atoms with van der Waals surface area (Å²) in [6.45, 7) is 3.73. The zero-order valence-electron chi connectivity index (χ0n) is 12.0. The van der Waals surface area contributed by atoms with E-state index in [2.05, 4.69) is 17.1 Å². The molecule has 1 fully saturated rings. The molecule has 2 unspecified atom stereocenters. The van der Waals surface area contributed by atoms with E-state index in [1.807, 2.05) is 0 Å². The molecule has 0 aromatic heterocycles. The van der Waals surface area contributed by atoms with Gasteiger partial charge in [0.2, 0.25) is 5.91 Å². The van der Waals surface area contributed by atoms with Crippen molar-refractivity contribution in [2.75, 3.05) is 19.6 Å². The van der Waals surface area contributed by atoms with Crippen LogP contribution >= 0.6 is 11.6 Å². The van der Waals surface area contributed by atoms with E-state index >= 15 is 0 Å². The Bertz CT molecular complexity index is 518. The quantitative estimate of drug-likeness (QED) is 0.878. The first kappa shape index (κ1) is 15.9. The largest absolute Gasteiger partial charge is 0.330 e. The first-order chi connectivity index (χ1) is 9.99. The number of carbonyl (C=O) groups excluding carboxylic acids is 2. The number of nitrogens with two attached hydrogens (primary N) is 1. The van der Waals surface area contributed by atoms with Gasteiger partial charge in [-0.1, -0.05) is 11.6 Å². The third kappa shape index (κ3) is 4.27. The molecule has 1 heterocycles. The maximum atomic E-state index is 12.0. The Balaban J connectivity index is 1.87. The van der Waals surface area contributed by atoms with E-state index in [4.69, 9.17) is 17.3 Å². The minimum absolute atomic E-state index is 0.219. The van der Waals surface area contributed by atoms with Crippen LogP contribution in [0, 0.1) is 5.92 Å². The Morgan fingerprint density at radius 2 is 2.05 bits per heavy atom. The van der Waals surface area contributed by atoms with E-state index in [-0.39, 0.29) is 12.5 Å². The highest BCUT2D eigenvalue weighted by Crippen LogP contribution is 2.21. The van der Waals surface area contributed by atoms with Gasteiger partial charge in [0.05, 0.1) is 6.54 Å². The highest BCUT2D eigenvalue weighted by Gasteiger charge is 2.29. The zero-order valence-corrected chi connectivity index (χ0v) is 12.8. The monoisotopic (exact) mass is 309 g/mol. The number of nitrogens with one attached hydrogen (secondary N) is 1. The predicted octanol–water partition coefficient (Wildman–Crippen LogP) is 1.27. The van der Waals surface area contributed by atoms with E-state index in [0.717, 1.165) is 13.0 Å². The van der Waals surface area contributed by atoms with Gasteiger partial charge in [0, 0.05) is 23.2 Å². The Morgan fingerprint density at radius 3 is 2.62 bits per heavy atom. The van der Waals surface area contributed by atoms with Gasteiger partial charge in [0.25, 0.3) is 5.91 Å². The van der Waals surface area contributed by atoms with Crippen molar-refractivity contribution in [2.24, 2.45) is 11.7 Å². The Kier molecular flexibility index (Phi) is 5.33. The van der Waals surface area contributed by atoms with Gasteiger partial charge in [-0.15, -0.1) is 0 Å². The second-order valence-electron chi connectivity index (χ2n) is 5.50. The predicted molar refractivity (Wildman–Crippen MR) is 82.1 cm³/mol. The van der Waals surface area contributed by atoms with Gasteiger partial charge in [-0.05, 0) is 50.1 Å². The van der Waals surface area contributed by atoms with Crippen molar-refractivity contribution >= 4 is 23.4 Å². The summed E-state index contributed by atoms with van der Waals surface area (Å²) in [5, 5.41) is 2.95. The lowest BCUT2D eigenvalue weighted by Gasteiger charge is -2.19. The lowest BCUT2D eigenvalue weighted by atomic mass is 10.1. The number of imide groups is 1. The molecule has 0 spiro atoms. The fraction of sp³-hybridized carbons (Fsp3) is 0.467. The van der Waals surface area contributed by atoms with Gasteiger partial charge in [-0.25, -0.2) is 0 Å². The van der Waals surface area contributed by atoms with E-state index in [9.17, 15) is 9.59 Å². The molecule has 5 nitrogen and oxygen atoms in total. The molecule has 1 aliphatic rings. The van der Waals surface area contributed by atoms with Crippen molar-refractivity contribution in [3.63, 3.8) is 0 Å². The summed E-state index contributed by atoms with van der Waals surface area (Å²) in [6, 6.07) is 6.74. The van der Waals surface area contributed by atoms with Gasteiger partial charge in [0.1, 0.15) is 0 Å². The molecule has 0 saturated carbocycles. The zero-order chi connectivity index (χ0) is 15.4. The molecule has 2 rings (SSSR count). The van der Waals surface area contributed by atoms with Crippen molar-refractivity contribution in [3.8, 4) is 0 Å². The van der Waals surface area contributed by atoms with Gasteiger partial charge in [-0.2, -0.15) is 0 Å². The minimum atomic E-state index is -0.404. The lowest BCUT2D eigenvalue weighted by molar-refractivity contribution is -0.121. The third-order valence-electron chi connectivity index (χ3n) is 3.83. The number of hydrogen-bond donors (Lipinski definition) is 2. The fourth-order valence-corrected chi connectivity index (χ4v) is 2.76. The number of carbonyl (C=O) groups is 2. The van der Waals surface area contributed by atoms with Crippen LogP contribution in [0.4, 0.5) is 0 Å². The van der Waals surface area contributed by atoms with Crippen LogP contribution in [-0.4, -0.2) is 42.4 Å². The van der Waals surface area contributed by atoms with Crippen LogP contribution < -0.4 is 11.1 Å². The molecular weight excluding hydrogens is 290 g/mol. The Morgan fingerprint density at radius 1 is 1.38 bits per heavy atom. The van der Waals surface area contributed by atoms with E-state index in [1.54, 1.807) is 24.3 Å². The average Bonchev–Trinajstić information content (AvgIpc) is 2.80. The number of likely N-dealkylation sites (tertiary alicyclic amines) is 1. The van der Waals surface area contributed by atoms with Crippen LogP contribution in [0.15, 0.2) is 24.3 Å². The number of nitrogens with zero attached hydrogens (tertiary/aromatic N) is 1.